The van der Waals surface area contributed by atoms with Crippen LogP contribution in [0, 0.1) is 11.3 Å². The number of nitrogens with one attached hydrogen (secondary N) is 1. The highest BCUT2D eigenvalue weighted by molar-refractivity contribution is 6.01. The lowest BCUT2D eigenvalue weighted by Gasteiger charge is -2.45. The monoisotopic (exact) mass is 210 g/mol. The van der Waals surface area contributed by atoms with Crippen molar-refractivity contribution in [3.8, 4) is 0 Å². The van der Waals surface area contributed by atoms with E-state index in [2.05, 4.69) is 5.32 Å². The molecule has 3 N–H and O–H groups in total. The van der Waals surface area contributed by atoms with E-state index in [-0.39, 0.29) is 11.8 Å². The number of nitrogens with two attached hydrogens (primary N) is 1. The number of amides is 3. The van der Waals surface area contributed by atoms with Gasteiger partial charge in [0, 0.05) is 6.42 Å². The predicted octanol–water partition coefficient (Wildman–Crippen LogP) is -0.305. The fraction of sp³-hybridized carbons (Fsp3) is 0.700. The van der Waals surface area contributed by atoms with Gasteiger partial charge in [0.2, 0.25) is 17.7 Å². The highest BCUT2D eigenvalue weighted by Gasteiger charge is 2.53. The SMILES string of the molecule is NC(=O)C1(C2CCC(=O)NC2=O)CCC1. The molecule has 82 valence electrons. The quantitative estimate of drug-likeness (QED) is 0.613. The van der Waals surface area contributed by atoms with Gasteiger partial charge in [-0.2, -0.15) is 0 Å². The van der Waals surface area contributed by atoms with Crippen LogP contribution in [0.15, 0.2) is 0 Å². The van der Waals surface area contributed by atoms with E-state index in [0.29, 0.717) is 25.7 Å². The largest absolute Gasteiger partial charge is 0.369 e. The van der Waals surface area contributed by atoms with Gasteiger partial charge in [0.25, 0.3) is 0 Å². The first-order valence-corrected chi connectivity index (χ1v) is 5.20. The highest BCUT2D eigenvalue weighted by atomic mass is 16.2. The molecule has 1 aliphatic carbocycles. The van der Waals surface area contributed by atoms with Crippen molar-refractivity contribution in [2.45, 2.75) is 32.1 Å². The number of carbonyl (C=O) groups excluding carboxylic acids is 3. The molecule has 0 aromatic rings. The molecule has 0 aromatic carbocycles. The Morgan fingerprint density at radius 3 is 2.47 bits per heavy atom. The van der Waals surface area contributed by atoms with E-state index in [1.165, 1.54) is 0 Å². The zero-order valence-corrected chi connectivity index (χ0v) is 8.41. The third-order valence-corrected chi connectivity index (χ3v) is 3.64. The molecule has 5 heteroatoms. The van der Waals surface area contributed by atoms with Crippen LogP contribution in [0.5, 0.6) is 0 Å². The van der Waals surface area contributed by atoms with Crippen LogP contribution in [0.3, 0.4) is 0 Å². The molecule has 1 aliphatic heterocycles. The van der Waals surface area contributed by atoms with Gasteiger partial charge in [-0.3, -0.25) is 19.7 Å². The standard InChI is InChI=1S/C10H14N2O3/c11-9(15)10(4-1-5-10)6-2-3-7(13)12-8(6)14/h6H,1-5H2,(H2,11,15)(H,12,13,14). The van der Waals surface area contributed by atoms with Gasteiger partial charge in [0.05, 0.1) is 11.3 Å². The summed E-state index contributed by atoms with van der Waals surface area (Å²) in [5, 5.41) is 2.27. The molecule has 2 aliphatic rings. The van der Waals surface area contributed by atoms with Crippen molar-refractivity contribution in [3.63, 3.8) is 0 Å². The molecule has 2 fully saturated rings. The molecule has 1 saturated carbocycles. The van der Waals surface area contributed by atoms with Gasteiger partial charge >= 0.3 is 0 Å². The Balaban J connectivity index is 2.19. The first kappa shape index (κ1) is 10.1. The lowest BCUT2D eigenvalue weighted by Crippen LogP contribution is -2.56. The number of hydrogen-bond donors (Lipinski definition) is 2. The van der Waals surface area contributed by atoms with E-state index in [1.54, 1.807) is 0 Å². The van der Waals surface area contributed by atoms with Crippen LogP contribution in [0.25, 0.3) is 0 Å². The van der Waals surface area contributed by atoms with Crippen LogP contribution in [-0.4, -0.2) is 17.7 Å². The molecular weight excluding hydrogens is 196 g/mol. The maximum Gasteiger partial charge on any atom is 0.230 e. The van der Waals surface area contributed by atoms with Crippen molar-refractivity contribution in [1.29, 1.82) is 0 Å². The van der Waals surface area contributed by atoms with Gasteiger partial charge in [0.15, 0.2) is 0 Å². The van der Waals surface area contributed by atoms with E-state index in [9.17, 15) is 14.4 Å². The number of primary amides is 1. The van der Waals surface area contributed by atoms with Crippen LogP contribution in [0.2, 0.25) is 0 Å². The van der Waals surface area contributed by atoms with Crippen molar-refractivity contribution in [3.05, 3.63) is 0 Å². The molecule has 15 heavy (non-hydrogen) atoms. The Hall–Kier alpha value is -1.39. The molecule has 1 heterocycles. The maximum atomic E-state index is 11.6. The number of rotatable bonds is 2. The average molecular weight is 210 g/mol. The fourth-order valence-electron chi connectivity index (χ4n) is 2.55. The summed E-state index contributed by atoms with van der Waals surface area (Å²) < 4.78 is 0. The van der Waals surface area contributed by atoms with E-state index in [4.69, 9.17) is 5.73 Å². The number of hydrogen-bond acceptors (Lipinski definition) is 3. The Labute approximate surface area is 87.4 Å². The van der Waals surface area contributed by atoms with E-state index in [0.717, 1.165) is 6.42 Å². The van der Waals surface area contributed by atoms with E-state index >= 15 is 0 Å². The van der Waals surface area contributed by atoms with Gasteiger partial charge in [0.1, 0.15) is 0 Å². The van der Waals surface area contributed by atoms with Crippen molar-refractivity contribution >= 4 is 17.7 Å². The molecule has 1 unspecified atom stereocenters. The second-order valence-electron chi connectivity index (χ2n) is 4.38. The minimum Gasteiger partial charge on any atom is -0.369 e. The van der Waals surface area contributed by atoms with Gasteiger partial charge in [-0.05, 0) is 19.3 Å². The number of piperidine rings is 1. The first-order valence-electron chi connectivity index (χ1n) is 5.20. The summed E-state index contributed by atoms with van der Waals surface area (Å²) in [5.74, 6) is -1.38. The fourth-order valence-corrected chi connectivity index (χ4v) is 2.55. The molecular formula is C10H14N2O3. The summed E-state index contributed by atoms with van der Waals surface area (Å²) in [6.45, 7) is 0. The molecule has 0 radical (unpaired) electrons. The van der Waals surface area contributed by atoms with Crippen molar-refractivity contribution in [2.75, 3.05) is 0 Å². The molecule has 2 rings (SSSR count). The molecule has 1 atom stereocenters. The summed E-state index contributed by atoms with van der Waals surface area (Å²) in [6, 6.07) is 0. The molecule has 1 saturated heterocycles. The van der Waals surface area contributed by atoms with E-state index in [1.807, 2.05) is 0 Å². The Bertz CT molecular complexity index is 334. The van der Waals surface area contributed by atoms with Crippen molar-refractivity contribution in [2.24, 2.45) is 17.1 Å². The summed E-state index contributed by atoms with van der Waals surface area (Å²) in [7, 11) is 0. The molecule has 5 nitrogen and oxygen atoms in total. The van der Waals surface area contributed by atoms with Crippen LogP contribution < -0.4 is 11.1 Å². The first-order chi connectivity index (χ1) is 7.06. The third-order valence-electron chi connectivity index (χ3n) is 3.64. The van der Waals surface area contributed by atoms with Gasteiger partial charge in [-0.15, -0.1) is 0 Å². The van der Waals surface area contributed by atoms with Gasteiger partial charge in [-0.25, -0.2) is 0 Å². The zero-order valence-electron chi connectivity index (χ0n) is 8.41. The van der Waals surface area contributed by atoms with Crippen molar-refractivity contribution < 1.29 is 14.4 Å². The lowest BCUT2D eigenvalue weighted by molar-refractivity contribution is -0.152. The number of imide groups is 1. The molecule has 0 bridgehead atoms. The summed E-state index contributed by atoms with van der Waals surface area (Å²) >= 11 is 0. The smallest absolute Gasteiger partial charge is 0.230 e. The molecule has 0 aromatic heterocycles. The van der Waals surface area contributed by atoms with Gasteiger partial charge < -0.3 is 5.73 Å². The maximum absolute atomic E-state index is 11.6. The normalized spacial score (nSPS) is 29.2. The lowest BCUT2D eigenvalue weighted by atomic mass is 9.58. The molecule has 3 amide bonds. The minimum atomic E-state index is -0.676. The average Bonchev–Trinajstić information content (AvgIpc) is 2.05. The number of carbonyl (C=O) groups is 3. The van der Waals surface area contributed by atoms with Crippen LogP contribution >= 0.6 is 0 Å². The molecule has 0 spiro atoms. The topological polar surface area (TPSA) is 89.3 Å². The summed E-state index contributed by atoms with van der Waals surface area (Å²) in [5.41, 5.74) is 4.68. The Kier molecular flexibility index (Phi) is 2.25. The Morgan fingerprint density at radius 2 is 2.07 bits per heavy atom. The minimum absolute atomic E-state index is 0.254. The second-order valence-corrected chi connectivity index (χ2v) is 4.38. The van der Waals surface area contributed by atoms with Crippen molar-refractivity contribution in [1.82, 2.24) is 5.32 Å². The Morgan fingerprint density at radius 1 is 1.40 bits per heavy atom. The van der Waals surface area contributed by atoms with Gasteiger partial charge in [-0.1, -0.05) is 6.42 Å². The second kappa shape index (κ2) is 3.32. The van der Waals surface area contributed by atoms with Crippen LogP contribution in [0.4, 0.5) is 0 Å². The highest BCUT2D eigenvalue weighted by Crippen LogP contribution is 2.49. The summed E-state index contributed by atoms with van der Waals surface area (Å²) in [4.78, 5) is 34.0. The van der Waals surface area contributed by atoms with E-state index < -0.39 is 17.2 Å². The third kappa shape index (κ3) is 1.42. The predicted molar refractivity (Wildman–Crippen MR) is 51.4 cm³/mol. The summed E-state index contributed by atoms with van der Waals surface area (Å²) in [6.07, 6.45) is 3.04. The van der Waals surface area contributed by atoms with Crippen LogP contribution in [0.1, 0.15) is 32.1 Å². The van der Waals surface area contributed by atoms with Crippen LogP contribution in [-0.2, 0) is 14.4 Å². The zero-order chi connectivity index (χ0) is 11.1.